The van der Waals surface area contributed by atoms with Crippen molar-refractivity contribution in [2.45, 2.75) is 38.6 Å². The van der Waals surface area contributed by atoms with E-state index in [4.69, 9.17) is 0 Å². The number of hydrogen-bond donors (Lipinski definition) is 1. The third kappa shape index (κ3) is 3.11. The van der Waals surface area contributed by atoms with E-state index in [0.29, 0.717) is 18.4 Å². The molecule has 1 aromatic carbocycles. The van der Waals surface area contributed by atoms with E-state index in [2.05, 4.69) is 11.4 Å². The van der Waals surface area contributed by atoms with Gasteiger partial charge in [-0.1, -0.05) is 31.4 Å². The van der Waals surface area contributed by atoms with Gasteiger partial charge in [0.25, 0.3) is 0 Å². The van der Waals surface area contributed by atoms with Gasteiger partial charge in [0.1, 0.15) is 11.2 Å². The summed E-state index contributed by atoms with van der Waals surface area (Å²) in [6.07, 6.45) is 4.17. The van der Waals surface area contributed by atoms with Gasteiger partial charge in [-0.3, -0.25) is 4.79 Å². The number of carbonyl (C=O) groups is 1. The van der Waals surface area contributed by atoms with Crippen molar-refractivity contribution < 1.29 is 9.18 Å². The lowest BCUT2D eigenvalue weighted by Gasteiger charge is -2.29. The van der Waals surface area contributed by atoms with Crippen molar-refractivity contribution in [1.82, 2.24) is 5.32 Å². The van der Waals surface area contributed by atoms with Gasteiger partial charge in [0.05, 0.1) is 6.07 Å². The van der Waals surface area contributed by atoms with E-state index >= 15 is 0 Å². The Labute approximate surface area is 112 Å². The van der Waals surface area contributed by atoms with Crippen LogP contribution >= 0.6 is 0 Å². The molecule has 1 amide bonds. The van der Waals surface area contributed by atoms with Crippen molar-refractivity contribution in [3.05, 3.63) is 35.6 Å². The van der Waals surface area contributed by atoms with Crippen LogP contribution in [-0.2, 0) is 11.3 Å². The van der Waals surface area contributed by atoms with Crippen molar-refractivity contribution in [3.8, 4) is 6.07 Å². The second kappa shape index (κ2) is 5.83. The van der Waals surface area contributed by atoms with Crippen LogP contribution in [0, 0.1) is 22.6 Å². The Bertz CT molecular complexity index is 501. The number of amides is 1. The fraction of sp³-hybridized carbons (Fsp3) is 0.467. The minimum Gasteiger partial charge on any atom is -0.351 e. The molecule has 1 aliphatic carbocycles. The van der Waals surface area contributed by atoms with Gasteiger partial charge < -0.3 is 5.32 Å². The van der Waals surface area contributed by atoms with Crippen LogP contribution in [0.5, 0.6) is 0 Å². The van der Waals surface area contributed by atoms with Crippen LogP contribution in [0.4, 0.5) is 4.39 Å². The topological polar surface area (TPSA) is 52.9 Å². The standard InChI is InChI=1S/C15H17FN2O/c16-13-6-4-5-12(9-13)10-18-14(19)15(11-17)7-2-1-3-8-15/h4-6,9H,1-3,7-8,10H2,(H,18,19). The zero-order chi connectivity index (χ0) is 13.7. The highest BCUT2D eigenvalue weighted by Crippen LogP contribution is 2.35. The van der Waals surface area contributed by atoms with Gasteiger partial charge in [0.15, 0.2) is 0 Å². The lowest BCUT2D eigenvalue weighted by Crippen LogP contribution is -2.41. The lowest BCUT2D eigenvalue weighted by atomic mass is 9.74. The van der Waals surface area contributed by atoms with Crippen LogP contribution in [0.3, 0.4) is 0 Å². The molecule has 0 aromatic heterocycles. The summed E-state index contributed by atoms with van der Waals surface area (Å²) in [5.74, 6) is -0.543. The minimum absolute atomic E-state index is 0.223. The zero-order valence-corrected chi connectivity index (χ0v) is 10.8. The molecule has 0 heterocycles. The Morgan fingerprint density at radius 1 is 1.37 bits per heavy atom. The van der Waals surface area contributed by atoms with Crippen molar-refractivity contribution in [2.75, 3.05) is 0 Å². The van der Waals surface area contributed by atoms with E-state index in [1.807, 2.05) is 0 Å². The number of nitrogens with one attached hydrogen (secondary N) is 1. The molecule has 1 aromatic rings. The second-order valence-electron chi connectivity index (χ2n) is 5.07. The third-order valence-corrected chi connectivity index (χ3v) is 3.70. The van der Waals surface area contributed by atoms with Crippen molar-refractivity contribution in [2.24, 2.45) is 5.41 Å². The van der Waals surface area contributed by atoms with Gasteiger partial charge in [-0.25, -0.2) is 4.39 Å². The summed E-state index contributed by atoms with van der Waals surface area (Å²) in [6, 6.07) is 8.29. The quantitative estimate of drug-likeness (QED) is 0.908. The minimum atomic E-state index is -0.883. The van der Waals surface area contributed by atoms with Crippen molar-refractivity contribution in [3.63, 3.8) is 0 Å². The highest BCUT2D eigenvalue weighted by Gasteiger charge is 2.39. The molecule has 1 fully saturated rings. The molecule has 1 N–H and O–H groups in total. The normalized spacial score (nSPS) is 17.5. The van der Waals surface area contributed by atoms with Crippen LogP contribution in [0.1, 0.15) is 37.7 Å². The van der Waals surface area contributed by atoms with E-state index in [9.17, 15) is 14.4 Å². The molecule has 19 heavy (non-hydrogen) atoms. The summed E-state index contributed by atoms with van der Waals surface area (Å²) >= 11 is 0. The average molecular weight is 260 g/mol. The Morgan fingerprint density at radius 3 is 2.74 bits per heavy atom. The number of nitrogens with zero attached hydrogens (tertiary/aromatic N) is 1. The Balaban J connectivity index is 1.99. The first kappa shape index (κ1) is 13.5. The summed E-state index contributed by atoms with van der Waals surface area (Å²) in [6.45, 7) is 0.264. The van der Waals surface area contributed by atoms with Gasteiger partial charge in [-0.2, -0.15) is 5.26 Å². The van der Waals surface area contributed by atoms with Crippen LogP contribution in [-0.4, -0.2) is 5.91 Å². The summed E-state index contributed by atoms with van der Waals surface area (Å²) in [5.41, 5.74) is -0.178. The molecular formula is C15H17FN2O. The van der Waals surface area contributed by atoms with E-state index in [1.165, 1.54) is 12.1 Å². The molecule has 0 saturated heterocycles. The average Bonchev–Trinajstić information content (AvgIpc) is 2.45. The zero-order valence-electron chi connectivity index (χ0n) is 10.8. The summed E-state index contributed by atoms with van der Waals surface area (Å²) < 4.78 is 13.0. The van der Waals surface area contributed by atoms with Crippen LogP contribution < -0.4 is 5.32 Å². The molecule has 4 heteroatoms. The molecular weight excluding hydrogens is 243 g/mol. The van der Waals surface area contributed by atoms with Crippen molar-refractivity contribution in [1.29, 1.82) is 5.26 Å². The van der Waals surface area contributed by atoms with Gasteiger partial charge in [-0.15, -0.1) is 0 Å². The molecule has 1 saturated carbocycles. The number of carbonyl (C=O) groups excluding carboxylic acids is 1. The Kier molecular flexibility index (Phi) is 4.16. The maximum absolute atomic E-state index is 13.0. The molecule has 0 unspecified atom stereocenters. The highest BCUT2D eigenvalue weighted by molar-refractivity contribution is 5.85. The number of nitriles is 1. The number of hydrogen-bond acceptors (Lipinski definition) is 2. The number of benzene rings is 1. The first-order valence-corrected chi connectivity index (χ1v) is 6.60. The molecule has 0 bridgehead atoms. The molecule has 0 aliphatic heterocycles. The smallest absolute Gasteiger partial charge is 0.240 e. The predicted octanol–water partition coefficient (Wildman–Crippen LogP) is 2.92. The fourth-order valence-corrected chi connectivity index (χ4v) is 2.54. The molecule has 1 aliphatic rings. The molecule has 100 valence electrons. The largest absolute Gasteiger partial charge is 0.351 e. The van der Waals surface area contributed by atoms with E-state index < -0.39 is 5.41 Å². The molecule has 0 radical (unpaired) electrons. The van der Waals surface area contributed by atoms with Gasteiger partial charge in [-0.05, 0) is 30.5 Å². The summed E-state index contributed by atoms with van der Waals surface area (Å²) in [7, 11) is 0. The van der Waals surface area contributed by atoms with Crippen LogP contribution in [0.2, 0.25) is 0 Å². The second-order valence-corrected chi connectivity index (χ2v) is 5.07. The summed E-state index contributed by atoms with van der Waals surface area (Å²) in [5, 5.41) is 12.0. The monoisotopic (exact) mass is 260 g/mol. The molecule has 0 atom stereocenters. The van der Waals surface area contributed by atoms with Crippen LogP contribution in [0.15, 0.2) is 24.3 Å². The van der Waals surface area contributed by atoms with Gasteiger partial charge in [0.2, 0.25) is 5.91 Å². The Morgan fingerprint density at radius 2 is 2.11 bits per heavy atom. The van der Waals surface area contributed by atoms with Crippen LogP contribution in [0.25, 0.3) is 0 Å². The van der Waals surface area contributed by atoms with Crippen molar-refractivity contribution >= 4 is 5.91 Å². The van der Waals surface area contributed by atoms with E-state index in [0.717, 1.165) is 19.3 Å². The van der Waals surface area contributed by atoms with E-state index in [1.54, 1.807) is 12.1 Å². The number of halogens is 1. The number of rotatable bonds is 3. The SMILES string of the molecule is N#CC1(C(=O)NCc2cccc(F)c2)CCCCC1. The van der Waals surface area contributed by atoms with E-state index in [-0.39, 0.29) is 18.3 Å². The maximum atomic E-state index is 13.0. The van der Waals surface area contributed by atoms with Gasteiger partial charge >= 0.3 is 0 Å². The first-order valence-electron chi connectivity index (χ1n) is 6.60. The highest BCUT2D eigenvalue weighted by atomic mass is 19.1. The molecule has 0 spiro atoms. The maximum Gasteiger partial charge on any atom is 0.240 e. The predicted molar refractivity (Wildman–Crippen MR) is 69.4 cm³/mol. The Hall–Kier alpha value is -1.89. The lowest BCUT2D eigenvalue weighted by molar-refractivity contribution is -0.129. The van der Waals surface area contributed by atoms with Gasteiger partial charge in [0, 0.05) is 6.54 Å². The summed E-state index contributed by atoms with van der Waals surface area (Å²) in [4.78, 5) is 12.2. The molecule has 3 nitrogen and oxygen atoms in total. The third-order valence-electron chi connectivity index (χ3n) is 3.70. The first-order chi connectivity index (χ1) is 9.16. The molecule has 2 rings (SSSR count). The fourth-order valence-electron chi connectivity index (χ4n) is 2.54.